The number of hydrogen-bond acceptors (Lipinski definition) is 6. The molecule has 0 N–H and O–H groups in total. The Labute approximate surface area is 152 Å². The fourth-order valence-electron chi connectivity index (χ4n) is 2.31. The Hall–Kier alpha value is -2.54. The highest BCUT2D eigenvalue weighted by atomic mass is 79.9. The molecule has 0 bridgehead atoms. The van der Waals surface area contributed by atoms with Gasteiger partial charge in [0.1, 0.15) is 19.0 Å². The van der Waals surface area contributed by atoms with Crippen molar-refractivity contribution in [2.45, 2.75) is 0 Å². The number of carbonyl (C=O) groups excluding carboxylic acids is 2. The van der Waals surface area contributed by atoms with E-state index in [4.69, 9.17) is 14.2 Å². The Bertz CT molecular complexity index is 817. The second kappa shape index (κ2) is 7.57. The largest absolute Gasteiger partial charge is 0.486 e. The highest BCUT2D eigenvalue weighted by Gasteiger charge is 2.16. The Morgan fingerprint density at radius 2 is 1.76 bits per heavy atom. The van der Waals surface area contributed by atoms with Crippen LogP contribution >= 0.6 is 15.9 Å². The van der Waals surface area contributed by atoms with Gasteiger partial charge in [0.15, 0.2) is 23.9 Å². The summed E-state index contributed by atoms with van der Waals surface area (Å²) in [5.74, 6) is 1.00. The van der Waals surface area contributed by atoms with E-state index in [1.54, 1.807) is 36.4 Å². The fraction of sp³-hybridized carbons (Fsp3) is 0.222. The van der Waals surface area contributed by atoms with Crippen molar-refractivity contribution in [1.82, 2.24) is 0 Å². The first-order valence-electron chi connectivity index (χ1n) is 7.52. The summed E-state index contributed by atoms with van der Waals surface area (Å²) in [5, 5.41) is 0. The first kappa shape index (κ1) is 17.3. The molecule has 0 saturated carbocycles. The molecule has 2 aromatic rings. The van der Waals surface area contributed by atoms with Gasteiger partial charge in [-0.3, -0.25) is 4.79 Å². The first-order chi connectivity index (χ1) is 12.1. The molecule has 2 aromatic carbocycles. The summed E-state index contributed by atoms with van der Waals surface area (Å²) in [5.41, 5.74) is 0.867. The van der Waals surface area contributed by atoms with Crippen LogP contribution in [0, 0.1) is 0 Å². The molecular weight excluding hydrogens is 392 g/mol. The van der Waals surface area contributed by atoms with Gasteiger partial charge in [-0.05, 0) is 52.3 Å². The summed E-state index contributed by atoms with van der Waals surface area (Å²) < 4.78 is 21.7. The molecule has 0 aromatic heterocycles. The minimum Gasteiger partial charge on any atom is -0.486 e. The van der Waals surface area contributed by atoms with Crippen LogP contribution in [0.15, 0.2) is 40.9 Å². The van der Waals surface area contributed by atoms with Crippen LogP contribution in [0.4, 0.5) is 0 Å². The summed E-state index contributed by atoms with van der Waals surface area (Å²) in [6, 6.07) is 9.79. The van der Waals surface area contributed by atoms with Crippen molar-refractivity contribution in [2.24, 2.45) is 0 Å². The van der Waals surface area contributed by atoms with E-state index in [1.807, 2.05) is 0 Å². The number of benzene rings is 2. The van der Waals surface area contributed by atoms with E-state index >= 15 is 0 Å². The number of carbonyl (C=O) groups is 2. The normalized spacial score (nSPS) is 12.4. The van der Waals surface area contributed by atoms with E-state index < -0.39 is 5.97 Å². The van der Waals surface area contributed by atoms with Gasteiger partial charge in [-0.15, -0.1) is 0 Å². The Morgan fingerprint density at radius 1 is 1.04 bits per heavy atom. The minimum atomic E-state index is -0.445. The van der Waals surface area contributed by atoms with Crippen LogP contribution in [-0.2, 0) is 4.74 Å². The van der Waals surface area contributed by atoms with E-state index in [-0.39, 0.29) is 12.4 Å². The minimum absolute atomic E-state index is 0.143. The molecular formula is C18H15BrO6. The van der Waals surface area contributed by atoms with Gasteiger partial charge in [-0.25, -0.2) is 4.79 Å². The zero-order valence-corrected chi connectivity index (χ0v) is 15.0. The average molecular weight is 407 g/mol. The molecule has 0 fully saturated rings. The number of rotatable bonds is 5. The topological polar surface area (TPSA) is 71.1 Å². The van der Waals surface area contributed by atoms with Gasteiger partial charge in [0.05, 0.1) is 17.1 Å². The second-order valence-corrected chi connectivity index (χ2v) is 6.06. The van der Waals surface area contributed by atoms with Crippen molar-refractivity contribution in [2.75, 3.05) is 26.9 Å². The van der Waals surface area contributed by atoms with Crippen molar-refractivity contribution in [3.05, 3.63) is 52.0 Å². The lowest BCUT2D eigenvalue weighted by atomic mass is 10.1. The maximum absolute atomic E-state index is 12.3. The van der Waals surface area contributed by atoms with Crippen molar-refractivity contribution >= 4 is 27.7 Å². The molecule has 0 radical (unpaired) electrons. The number of Topliss-reactive ketones (excluding diaryl/α,β-unsaturated/α-hetero) is 1. The monoisotopic (exact) mass is 406 g/mol. The summed E-state index contributed by atoms with van der Waals surface area (Å²) in [4.78, 5) is 23.8. The second-order valence-electron chi connectivity index (χ2n) is 5.21. The molecule has 25 heavy (non-hydrogen) atoms. The quantitative estimate of drug-likeness (QED) is 0.560. The van der Waals surface area contributed by atoms with E-state index in [0.717, 1.165) is 0 Å². The standard InChI is InChI=1S/C18H15BrO6/c1-22-18(21)12-3-4-15(13(19)8-12)25-10-14(20)11-2-5-16-17(9-11)24-7-6-23-16/h2-5,8-9H,6-7,10H2,1H3. The van der Waals surface area contributed by atoms with Crippen LogP contribution in [-0.4, -0.2) is 38.7 Å². The lowest BCUT2D eigenvalue weighted by Gasteiger charge is -2.18. The highest BCUT2D eigenvalue weighted by Crippen LogP contribution is 2.31. The van der Waals surface area contributed by atoms with Gasteiger partial charge in [-0.1, -0.05) is 0 Å². The van der Waals surface area contributed by atoms with Crippen LogP contribution in [0.2, 0.25) is 0 Å². The Balaban J connectivity index is 1.67. The van der Waals surface area contributed by atoms with Crippen LogP contribution in [0.1, 0.15) is 20.7 Å². The van der Waals surface area contributed by atoms with Crippen LogP contribution in [0.3, 0.4) is 0 Å². The average Bonchev–Trinajstić information content (AvgIpc) is 2.65. The third-order valence-electron chi connectivity index (χ3n) is 3.58. The van der Waals surface area contributed by atoms with Crippen molar-refractivity contribution in [3.63, 3.8) is 0 Å². The molecule has 1 heterocycles. The molecule has 0 saturated heterocycles. The van der Waals surface area contributed by atoms with Gasteiger partial charge in [0.2, 0.25) is 0 Å². The van der Waals surface area contributed by atoms with Crippen molar-refractivity contribution in [1.29, 1.82) is 0 Å². The lowest BCUT2D eigenvalue weighted by Crippen LogP contribution is -2.17. The van der Waals surface area contributed by atoms with Crippen LogP contribution in [0.25, 0.3) is 0 Å². The lowest BCUT2D eigenvalue weighted by molar-refractivity contribution is 0.0600. The van der Waals surface area contributed by atoms with E-state index in [0.29, 0.717) is 46.1 Å². The summed E-state index contributed by atoms with van der Waals surface area (Å²) >= 11 is 3.32. The van der Waals surface area contributed by atoms with Gasteiger partial charge in [-0.2, -0.15) is 0 Å². The van der Waals surface area contributed by atoms with Gasteiger partial charge in [0, 0.05) is 5.56 Å². The third-order valence-corrected chi connectivity index (χ3v) is 4.20. The number of ketones is 1. The molecule has 3 rings (SSSR count). The zero-order valence-electron chi connectivity index (χ0n) is 13.4. The number of esters is 1. The summed E-state index contributed by atoms with van der Waals surface area (Å²) in [7, 11) is 1.31. The number of halogens is 1. The molecule has 0 amide bonds. The zero-order chi connectivity index (χ0) is 17.8. The summed E-state index contributed by atoms with van der Waals surface area (Å²) in [6.07, 6.45) is 0. The van der Waals surface area contributed by atoms with Crippen molar-refractivity contribution in [3.8, 4) is 17.2 Å². The van der Waals surface area contributed by atoms with Gasteiger partial charge < -0.3 is 18.9 Å². The van der Waals surface area contributed by atoms with Crippen LogP contribution < -0.4 is 14.2 Å². The van der Waals surface area contributed by atoms with E-state index in [9.17, 15) is 9.59 Å². The van der Waals surface area contributed by atoms with Gasteiger partial charge in [0.25, 0.3) is 0 Å². The molecule has 7 heteroatoms. The maximum Gasteiger partial charge on any atom is 0.337 e. The molecule has 1 aliphatic rings. The highest BCUT2D eigenvalue weighted by molar-refractivity contribution is 9.10. The predicted molar refractivity (Wildman–Crippen MR) is 92.7 cm³/mol. The third kappa shape index (κ3) is 3.93. The van der Waals surface area contributed by atoms with Gasteiger partial charge >= 0.3 is 5.97 Å². The molecule has 0 spiro atoms. The number of fused-ring (bicyclic) bond motifs is 1. The molecule has 0 atom stereocenters. The molecule has 130 valence electrons. The molecule has 0 aliphatic carbocycles. The smallest absolute Gasteiger partial charge is 0.337 e. The molecule has 0 unspecified atom stereocenters. The van der Waals surface area contributed by atoms with E-state index in [2.05, 4.69) is 20.7 Å². The Kier molecular flexibility index (Phi) is 5.23. The van der Waals surface area contributed by atoms with Crippen molar-refractivity contribution < 1.29 is 28.5 Å². The first-order valence-corrected chi connectivity index (χ1v) is 8.31. The maximum atomic E-state index is 12.3. The van der Waals surface area contributed by atoms with Crippen LogP contribution in [0.5, 0.6) is 17.2 Å². The molecule has 6 nitrogen and oxygen atoms in total. The van der Waals surface area contributed by atoms with E-state index in [1.165, 1.54) is 7.11 Å². The number of methoxy groups -OCH3 is 1. The molecule has 1 aliphatic heterocycles. The Morgan fingerprint density at radius 3 is 2.48 bits per heavy atom. The predicted octanol–water partition coefficient (Wildman–Crippen LogP) is 3.27. The SMILES string of the molecule is COC(=O)c1ccc(OCC(=O)c2ccc3c(c2)OCCO3)c(Br)c1. The number of hydrogen-bond donors (Lipinski definition) is 0. The number of ether oxygens (including phenoxy) is 4. The fourth-order valence-corrected chi connectivity index (χ4v) is 2.80. The summed E-state index contributed by atoms with van der Waals surface area (Å²) in [6.45, 7) is 0.815.